The highest BCUT2D eigenvalue weighted by Gasteiger charge is 2.26. The summed E-state index contributed by atoms with van der Waals surface area (Å²) < 4.78 is 5.32. The zero-order valence-corrected chi connectivity index (χ0v) is 12.7. The second-order valence-corrected chi connectivity index (χ2v) is 5.84. The van der Waals surface area contributed by atoms with Crippen molar-refractivity contribution >= 4 is 16.9 Å². The maximum atomic E-state index is 5.32. The fourth-order valence-corrected chi connectivity index (χ4v) is 3.22. The van der Waals surface area contributed by atoms with Crippen LogP contribution in [-0.2, 0) is 0 Å². The number of aromatic nitrogens is 5. The van der Waals surface area contributed by atoms with Crippen LogP contribution < -0.4 is 4.90 Å². The van der Waals surface area contributed by atoms with Crippen LogP contribution in [0.2, 0.25) is 0 Å². The molecule has 0 aromatic carbocycles. The number of anilines is 1. The summed E-state index contributed by atoms with van der Waals surface area (Å²) in [6, 6.07) is 2.06. The van der Waals surface area contributed by atoms with Gasteiger partial charge in [0.15, 0.2) is 0 Å². The summed E-state index contributed by atoms with van der Waals surface area (Å²) in [5, 5.41) is 12.1. The van der Waals surface area contributed by atoms with Gasteiger partial charge < -0.3 is 9.42 Å². The lowest BCUT2D eigenvalue weighted by Gasteiger charge is -2.33. The third kappa shape index (κ3) is 2.13. The highest BCUT2D eigenvalue weighted by molar-refractivity contribution is 5.88. The fraction of sp³-hybridized carbons (Fsp3) is 0.467. The topological polar surface area (TPSA) is 83.7 Å². The van der Waals surface area contributed by atoms with Crippen LogP contribution in [0.25, 0.3) is 11.1 Å². The molecule has 7 heteroatoms. The van der Waals surface area contributed by atoms with Crippen LogP contribution in [0.5, 0.6) is 0 Å². The predicted molar refractivity (Wildman–Crippen MR) is 81.8 cm³/mol. The Kier molecular flexibility index (Phi) is 3.06. The van der Waals surface area contributed by atoms with E-state index in [1.165, 1.54) is 5.69 Å². The van der Waals surface area contributed by atoms with Gasteiger partial charge >= 0.3 is 0 Å². The van der Waals surface area contributed by atoms with Crippen molar-refractivity contribution < 1.29 is 4.52 Å². The molecule has 3 aromatic heterocycles. The number of rotatable bonds is 2. The Hall–Kier alpha value is -2.44. The van der Waals surface area contributed by atoms with Crippen LogP contribution >= 0.6 is 0 Å². The van der Waals surface area contributed by atoms with Crippen molar-refractivity contribution in [1.29, 1.82) is 0 Å². The van der Waals surface area contributed by atoms with Crippen LogP contribution in [0.3, 0.4) is 0 Å². The molecule has 0 amide bonds. The molecule has 0 bridgehead atoms. The molecule has 4 heterocycles. The maximum absolute atomic E-state index is 5.32. The Morgan fingerprint density at radius 3 is 3.05 bits per heavy atom. The van der Waals surface area contributed by atoms with Crippen LogP contribution in [0.4, 0.5) is 5.82 Å². The number of aromatic amines is 1. The van der Waals surface area contributed by atoms with Crippen LogP contribution in [0, 0.1) is 13.8 Å². The Morgan fingerprint density at radius 1 is 1.32 bits per heavy atom. The van der Waals surface area contributed by atoms with Gasteiger partial charge in [0.2, 0.25) is 0 Å². The van der Waals surface area contributed by atoms with Crippen LogP contribution in [-0.4, -0.2) is 38.4 Å². The molecule has 3 aromatic rings. The number of aryl methyl sites for hydroxylation is 2. The number of fused-ring (bicyclic) bond motifs is 1. The minimum Gasteiger partial charge on any atom is -0.355 e. The van der Waals surface area contributed by atoms with E-state index in [1.54, 1.807) is 0 Å². The van der Waals surface area contributed by atoms with Gasteiger partial charge in [-0.1, -0.05) is 5.16 Å². The quantitative estimate of drug-likeness (QED) is 0.781. The zero-order valence-electron chi connectivity index (χ0n) is 12.7. The summed E-state index contributed by atoms with van der Waals surface area (Å²) in [5.74, 6) is 2.09. The first-order chi connectivity index (χ1) is 10.7. The Bertz CT molecular complexity index is 794. The van der Waals surface area contributed by atoms with Gasteiger partial charge in [0.25, 0.3) is 5.71 Å². The summed E-state index contributed by atoms with van der Waals surface area (Å²) in [7, 11) is 0. The maximum Gasteiger partial charge on any atom is 0.263 e. The minimum atomic E-state index is 0.446. The second-order valence-electron chi connectivity index (χ2n) is 5.84. The number of nitrogens with one attached hydrogen (secondary N) is 1. The van der Waals surface area contributed by atoms with Crippen molar-refractivity contribution in [2.75, 3.05) is 18.0 Å². The van der Waals surface area contributed by atoms with Crippen molar-refractivity contribution in [3.63, 3.8) is 0 Å². The van der Waals surface area contributed by atoms with Gasteiger partial charge in [0.05, 0.1) is 5.69 Å². The lowest BCUT2D eigenvalue weighted by Crippen LogP contribution is -2.35. The molecule has 1 atom stereocenters. The van der Waals surface area contributed by atoms with E-state index < -0.39 is 0 Å². The fourth-order valence-electron chi connectivity index (χ4n) is 3.22. The summed E-state index contributed by atoms with van der Waals surface area (Å²) in [6.07, 6.45) is 4.10. The van der Waals surface area contributed by atoms with Crippen molar-refractivity contribution in [3.05, 3.63) is 29.5 Å². The smallest absolute Gasteiger partial charge is 0.263 e. The third-order valence-electron chi connectivity index (χ3n) is 4.28. The Morgan fingerprint density at radius 2 is 2.23 bits per heavy atom. The number of hydrogen-bond acceptors (Lipinski definition) is 6. The van der Waals surface area contributed by atoms with E-state index in [0.717, 1.165) is 42.8 Å². The largest absolute Gasteiger partial charge is 0.355 e. The minimum absolute atomic E-state index is 0.446. The van der Waals surface area contributed by atoms with E-state index in [-0.39, 0.29) is 0 Å². The van der Waals surface area contributed by atoms with Crippen molar-refractivity contribution in [1.82, 2.24) is 25.3 Å². The average Bonchev–Trinajstić information content (AvgIpc) is 3.17. The molecule has 114 valence electrons. The van der Waals surface area contributed by atoms with E-state index in [0.29, 0.717) is 17.5 Å². The molecule has 1 fully saturated rings. The molecular weight excluding hydrogens is 280 g/mol. The average molecular weight is 298 g/mol. The Labute approximate surface area is 127 Å². The molecule has 0 radical (unpaired) electrons. The molecule has 0 spiro atoms. The van der Waals surface area contributed by atoms with E-state index in [4.69, 9.17) is 4.52 Å². The standard InChI is InChI=1S/C15H18N6O/c1-9-13-14(17-10(2)18-15(13)22-20-9)21-7-3-4-11(8-21)12-5-6-16-19-12/h5-6,11H,3-4,7-8H2,1-2H3,(H,16,19). The lowest BCUT2D eigenvalue weighted by atomic mass is 9.95. The van der Waals surface area contributed by atoms with Crippen LogP contribution in [0.1, 0.15) is 36.0 Å². The van der Waals surface area contributed by atoms with Gasteiger partial charge in [-0.25, -0.2) is 4.98 Å². The molecule has 0 aliphatic carbocycles. The molecular formula is C15H18N6O. The van der Waals surface area contributed by atoms with E-state index in [9.17, 15) is 0 Å². The molecule has 4 rings (SSSR count). The van der Waals surface area contributed by atoms with Crippen LogP contribution in [0.15, 0.2) is 16.8 Å². The molecule has 1 saturated heterocycles. The molecule has 1 N–H and O–H groups in total. The van der Waals surface area contributed by atoms with Crippen molar-refractivity contribution in [3.8, 4) is 0 Å². The molecule has 1 aliphatic rings. The SMILES string of the molecule is Cc1nc(N2CCCC(c3ccn[nH]3)C2)c2c(C)noc2n1. The normalized spacial score (nSPS) is 19.0. The van der Waals surface area contributed by atoms with Gasteiger partial charge in [0, 0.05) is 30.9 Å². The van der Waals surface area contributed by atoms with Crippen molar-refractivity contribution in [2.24, 2.45) is 0 Å². The van der Waals surface area contributed by atoms with Gasteiger partial charge in [0.1, 0.15) is 17.0 Å². The molecule has 22 heavy (non-hydrogen) atoms. The Balaban J connectivity index is 1.73. The number of hydrogen-bond donors (Lipinski definition) is 1. The highest BCUT2D eigenvalue weighted by atomic mass is 16.5. The van der Waals surface area contributed by atoms with Gasteiger partial charge in [-0.2, -0.15) is 10.1 Å². The molecule has 0 saturated carbocycles. The van der Waals surface area contributed by atoms with E-state index in [2.05, 4.69) is 36.3 Å². The summed E-state index contributed by atoms with van der Waals surface area (Å²) >= 11 is 0. The second kappa shape index (κ2) is 5.08. The highest BCUT2D eigenvalue weighted by Crippen LogP contribution is 2.32. The summed E-state index contributed by atoms with van der Waals surface area (Å²) in [5.41, 5.74) is 2.60. The first kappa shape index (κ1) is 13.2. The zero-order chi connectivity index (χ0) is 15.1. The molecule has 7 nitrogen and oxygen atoms in total. The third-order valence-corrected chi connectivity index (χ3v) is 4.28. The lowest BCUT2D eigenvalue weighted by molar-refractivity contribution is 0.442. The van der Waals surface area contributed by atoms with Gasteiger partial charge in [-0.05, 0) is 32.8 Å². The number of nitrogens with zero attached hydrogens (tertiary/aromatic N) is 5. The summed E-state index contributed by atoms with van der Waals surface area (Å²) in [6.45, 7) is 5.72. The van der Waals surface area contributed by atoms with Crippen molar-refractivity contribution in [2.45, 2.75) is 32.6 Å². The van der Waals surface area contributed by atoms with Gasteiger partial charge in [-0.3, -0.25) is 5.10 Å². The first-order valence-corrected chi connectivity index (χ1v) is 7.57. The first-order valence-electron chi connectivity index (χ1n) is 7.57. The molecule has 1 aliphatic heterocycles. The van der Waals surface area contributed by atoms with Gasteiger partial charge in [-0.15, -0.1) is 0 Å². The monoisotopic (exact) mass is 298 g/mol. The van der Waals surface area contributed by atoms with E-state index >= 15 is 0 Å². The number of piperidine rings is 1. The predicted octanol–water partition coefficient (Wildman–Crippen LogP) is 2.34. The summed E-state index contributed by atoms with van der Waals surface area (Å²) in [4.78, 5) is 11.3. The van der Waals surface area contributed by atoms with E-state index in [1.807, 2.05) is 20.0 Å². The molecule has 1 unspecified atom stereocenters. The number of H-pyrrole nitrogens is 1.